The van der Waals surface area contributed by atoms with Gasteiger partial charge in [0.15, 0.2) is 0 Å². The van der Waals surface area contributed by atoms with Crippen LogP contribution in [0.15, 0.2) is 18.2 Å². The quantitative estimate of drug-likeness (QED) is 0.577. The minimum absolute atomic E-state index is 0.144. The van der Waals surface area contributed by atoms with E-state index in [1.54, 1.807) is 4.90 Å². The highest BCUT2D eigenvalue weighted by Gasteiger charge is 2.36. The van der Waals surface area contributed by atoms with Gasteiger partial charge >= 0.3 is 6.03 Å². The number of halogens is 4. The number of carbonyl (C=O) groups is 1. The highest BCUT2D eigenvalue weighted by Crippen LogP contribution is 2.33. The zero-order valence-corrected chi connectivity index (χ0v) is 20.6. The first kappa shape index (κ1) is 24.8. The molecule has 1 aromatic rings. The van der Waals surface area contributed by atoms with E-state index in [0.29, 0.717) is 16.0 Å². The van der Waals surface area contributed by atoms with Crippen molar-refractivity contribution in [2.75, 3.05) is 50.7 Å². The molecule has 3 aliphatic rings. The maximum absolute atomic E-state index is 13.3. The predicted molar refractivity (Wildman–Crippen MR) is 130 cm³/mol. The Morgan fingerprint density at radius 1 is 1.00 bits per heavy atom. The Morgan fingerprint density at radius 3 is 2.33 bits per heavy atom. The molecular weight excluding hydrogens is 469 g/mol. The Bertz CT molecular complexity index is 802. The highest BCUT2D eigenvalue weighted by molar-refractivity contribution is 6.43. The molecule has 1 saturated carbocycles. The van der Waals surface area contributed by atoms with Gasteiger partial charge in [-0.3, -0.25) is 4.90 Å². The summed E-state index contributed by atoms with van der Waals surface area (Å²) in [5.74, 6) is -1.93. The fraction of sp³-hybridized carbons (Fsp3) is 0.708. The third-order valence-electron chi connectivity index (χ3n) is 7.45. The number of nitrogens with zero attached hydrogens (tertiary/aromatic N) is 3. The van der Waals surface area contributed by atoms with Crippen LogP contribution in [0.25, 0.3) is 0 Å². The summed E-state index contributed by atoms with van der Waals surface area (Å²) in [5.41, 5.74) is 1.02. The third kappa shape index (κ3) is 6.64. The monoisotopic (exact) mass is 502 g/mol. The normalized spacial score (nSPS) is 26.3. The van der Waals surface area contributed by atoms with Crippen molar-refractivity contribution < 1.29 is 13.6 Å². The van der Waals surface area contributed by atoms with Crippen molar-refractivity contribution in [1.29, 1.82) is 0 Å². The lowest BCUT2D eigenvalue weighted by molar-refractivity contribution is -0.0471. The molecule has 0 atom stereocenters. The molecule has 33 heavy (non-hydrogen) atoms. The molecule has 2 amide bonds. The lowest BCUT2D eigenvalue weighted by atomic mass is 9.84. The van der Waals surface area contributed by atoms with Crippen LogP contribution >= 0.6 is 23.2 Å². The van der Waals surface area contributed by atoms with E-state index in [0.717, 1.165) is 64.1 Å². The van der Waals surface area contributed by atoms with Gasteiger partial charge in [0, 0.05) is 58.2 Å². The molecule has 1 N–H and O–H groups in total. The molecule has 0 aromatic heterocycles. The lowest BCUT2D eigenvalue weighted by Gasteiger charge is -2.38. The summed E-state index contributed by atoms with van der Waals surface area (Å²) in [7, 11) is 0. The van der Waals surface area contributed by atoms with Gasteiger partial charge in [0.1, 0.15) is 0 Å². The first-order chi connectivity index (χ1) is 15.8. The van der Waals surface area contributed by atoms with E-state index < -0.39 is 5.92 Å². The first-order valence-electron chi connectivity index (χ1n) is 12.2. The number of benzene rings is 1. The standard InChI is InChI=1S/C24H34Cl2F2N4O/c25-20-2-1-3-21(22(20)26)31-16-14-30(15-17-31)11-8-18-4-6-19(7-5-18)29-23(33)32-12-9-24(27,28)10-13-32/h1-3,18-19H,4-17H2,(H,29,33)/t18-,19-. The second-order valence-corrected chi connectivity index (χ2v) is 10.5. The number of anilines is 1. The number of alkyl halides is 2. The van der Waals surface area contributed by atoms with Crippen LogP contribution in [0, 0.1) is 5.92 Å². The average Bonchev–Trinajstić information content (AvgIpc) is 2.81. The van der Waals surface area contributed by atoms with Crippen LogP contribution in [0.3, 0.4) is 0 Å². The summed E-state index contributed by atoms with van der Waals surface area (Å²) in [6.07, 6.45) is 4.89. The molecule has 2 saturated heterocycles. The van der Waals surface area contributed by atoms with Crippen LogP contribution in [0.1, 0.15) is 44.9 Å². The molecule has 0 bridgehead atoms. The fourth-order valence-electron chi connectivity index (χ4n) is 5.21. The Hall–Kier alpha value is -1.31. The Kier molecular flexibility index (Phi) is 8.24. The number of nitrogens with one attached hydrogen (secondary N) is 1. The largest absolute Gasteiger partial charge is 0.368 e. The average molecular weight is 503 g/mol. The number of carbonyl (C=O) groups excluding carboxylic acids is 1. The van der Waals surface area contributed by atoms with Crippen LogP contribution in [-0.2, 0) is 0 Å². The summed E-state index contributed by atoms with van der Waals surface area (Å²) < 4.78 is 26.6. The van der Waals surface area contributed by atoms with E-state index in [-0.39, 0.29) is 38.0 Å². The molecule has 184 valence electrons. The van der Waals surface area contributed by atoms with E-state index in [4.69, 9.17) is 23.2 Å². The molecule has 3 fully saturated rings. The summed E-state index contributed by atoms with van der Waals surface area (Å²) in [6.45, 7) is 5.31. The van der Waals surface area contributed by atoms with Crippen LogP contribution in [0.2, 0.25) is 10.0 Å². The fourth-order valence-corrected chi connectivity index (χ4v) is 5.63. The molecule has 9 heteroatoms. The first-order valence-corrected chi connectivity index (χ1v) is 12.9. The van der Waals surface area contributed by atoms with Gasteiger partial charge in [-0.1, -0.05) is 29.3 Å². The SMILES string of the molecule is O=C(N[C@H]1CC[C@H](CCN2CCN(c3cccc(Cl)c3Cl)CC2)CC1)N1CCC(F)(F)CC1. The van der Waals surface area contributed by atoms with Crippen LogP contribution in [0.4, 0.5) is 19.3 Å². The van der Waals surface area contributed by atoms with Crippen LogP contribution in [0.5, 0.6) is 0 Å². The number of piperazine rings is 1. The van der Waals surface area contributed by atoms with Crippen LogP contribution < -0.4 is 10.2 Å². The molecule has 5 nitrogen and oxygen atoms in total. The van der Waals surface area contributed by atoms with E-state index in [1.165, 1.54) is 6.42 Å². The number of piperidine rings is 1. The second-order valence-electron chi connectivity index (χ2n) is 9.70. The maximum Gasteiger partial charge on any atom is 0.317 e. The molecule has 0 spiro atoms. The van der Waals surface area contributed by atoms with Gasteiger partial charge in [0.2, 0.25) is 0 Å². The molecule has 2 aliphatic heterocycles. The van der Waals surface area contributed by atoms with Crippen molar-refractivity contribution in [3.8, 4) is 0 Å². The van der Waals surface area contributed by atoms with Gasteiger partial charge < -0.3 is 15.1 Å². The van der Waals surface area contributed by atoms with Crippen molar-refractivity contribution >= 4 is 34.9 Å². The minimum atomic E-state index is -2.62. The van der Waals surface area contributed by atoms with Gasteiger partial charge in [-0.2, -0.15) is 0 Å². The maximum atomic E-state index is 13.3. The summed E-state index contributed by atoms with van der Waals surface area (Å²) in [4.78, 5) is 18.8. The van der Waals surface area contributed by atoms with Gasteiger partial charge in [-0.25, -0.2) is 13.6 Å². The lowest BCUT2D eigenvalue weighted by Crippen LogP contribution is -2.50. The summed E-state index contributed by atoms with van der Waals surface area (Å²) in [5, 5.41) is 4.31. The molecular formula is C24H34Cl2F2N4O. The Labute approximate surface area is 205 Å². The molecule has 0 radical (unpaired) electrons. The topological polar surface area (TPSA) is 38.8 Å². The van der Waals surface area contributed by atoms with Crippen LogP contribution in [-0.4, -0.2) is 73.6 Å². The summed E-state index contributed by atoms with van der Waals surface area (Å²) in [6, 6.07) is 5.79. The number of urea groups is 1. The van der Waals surface area contributed by atoms with Crippen molar-refractivity contribution in [3.05, 3.63) is 28.2 Å². The van der Waals surface area contributed by atoms with Gasteiger partial charge in [-0.05, 0) is 56.7 Å². The number of rotatable bonds is 5. The summed E-state index contributed by atoms with van der Waals surface area (Å²) >= 11 is 12.5. The molecule has 2 heterocycles. The Balaban J connectivity index is 1.12. The van der Waals surface area contributed by atoms with E-state index in [2.05, 4.69) is 15.1 Å². The van der Waals surface area contributed by atoms with E-state index in [9.17, 15) is 13.6 Å². The molecule has 1 aliphatic carbocycles. The van der Waals surface area contributed by atoms with Crippen molar-refractivity contribution in [2.45, 2.75) is 56.9 Å². The molecule has 0 unspecified atom stereocenters. The number of hydrogen-bond acceptors (Lipinski definition) is 3. The second kappa shape index (κ2) is 11.0. The zero-order chi connectivity index (χ0) is 23.4. The number of hydrogen-bond donors (Lipinski definition) is 1. The number of likely N-dealkylation sites (tertiary alicyclic amines) is 1. The van der Waals surface area contributed by atoms with Crippen molar-refractivity contribution in [2.24, 2.45) is 5.92 Å². The Morgan fingerprint density at radius 2 is 1.67 bits per heavy atom. The van der Waals surface area contributed by atoms with Gasteiger partial charge in [-0.15, -0.1) is 0 Å². The van der Waals surface area contributed by atoms with E-state index in [1.807, 2.05) is 18.2 Å². The third-order valence-corrected chi connectivity index (χ3v) is 8.26. The number of amides is 2. The zero-order valence-electron chi connectivity index (χ0n) is 19.0. The highest BCUT2D eigenvalue weighted by atomic mass is 35.5. The van der Waals surface area contributed by atoms with Gasteiger partial charge in [0.05, 0.1) is 15.7 Å². The van der Waals surface area contributed by atoms with Gasteiger partial charge in [0.25, 0.3) is 5.92 Å². The smallest absolute Gasteiger partial charge is 0.317 e. The molecule has 4 rings (SSSR count). The predicted octanol–water partition coefficient (Wildman–Crippen LogP) is 5.51. The van der Waals surface area contributed by atoms with E-state index >= 15 is 0 Å². The molecule has 1 aromatic carbocycles. The van der Waals surface area contributed by atoms with Crippen molar-refractivity contribution in [3.63, 3.8) is 0 Å². The minimum Gasteiger partial charge on any atom is -0.368 e. The van der Waals surface area contributed by atoms with Crippen molar-refractivity contribution in [1.82, 2.24) is 15.1 Å².